The van der Waals surface area contributed by atoms with E-state index in [2.05, 4.69) is 5.32 Å². The summed E-state index contributed by atoms with van der Waals surface area (Å²) in [7, 11) is 0. The predicted molar refractivity (Wildman–Crippen MR) is 76.3 cm³/mol. The average molecular weight is 300 g/mol. The van der Waals surface area contributed by atoms with Gasteiger partial charge in [-0.05, 0) is 31.0 Å². The minimum atomic E-state index is -1.16. The van der Waals surface area contributed by atoms with E-state index in [1.165, 1.54) is 18.2 Å². The van der Waals surface area contributed by atoms with Crippen molar-refractivity contribution in [2.45, 2.75) is 26.9 Å². The van der Waals surface area contributed by atoms with Crippen LogP contribution in [0.2, 0.25) is 5.02 Å². The Labute approximate surface area is 122 Å². The van der Waals surface area contributed by atoms with Gasteiger partial charge in [0.15, 0.2) is 6.10 Å². The van der Waals surface area contributed by atoms with Crippen LogP contribution in [-0.2, 0) is 4.79 Å². The Balaban J connectivity index is 2.77. The normalized spacial score (nSPS) is 12.1. The highest BCUT2D eigenvalue weighted by Crippen LogP contribution is 2.24. The van der Waals surface area contributed by atoms with E-state index in [4.69, 9.17) is 21.4 Å². The molecular weight excluding hydrogens is 282 g/mol. The summed E-state index contributed by atoms with van der Waals surface area (Å²) in [4.78, 5) is 22.9. The molecule has 0 fully saturated rings. The van der Waals surface area contributed by atoms with Crippen LogP contribution in [0.3, 0.4) is 0 Å². The van der Waals surface area contributed by atoms with Crippen molar-refractivity contribution in [2.75, 3.05) is 6.54 Å². The molecule has 0 radical (unpaired) electrons. The second kappa shape index (κ2) is 7.14. The highest BCUT2D eigenvalue weighted by molar-refractivity contribution is 6.31. The van der Waals surface area contributed by atoms with Gasteiger partial charge in [0.25, 0.3) is 5.91 Å². The lowest BCUT2D eigenvalue weighted by molar-refractivity contribution is -0.127. The smallest absolute Gasteiger partial charge is 0.339 e. The first-order valence-corrected chi connectivity index (χ1v) is 6.66. The van der Waals surface area contributed by atoms with Gasteiger partial charge >= 0.3 is 5.97 Å². The zero-order valence-electron chi connectivity index (χ0n) is 11.6. The monoisotopic (exact) mass is 299 g/mol. The molecule has 1 atom stereocenters. The number of amides is 1. The van der Waals surface area contributed by atoms with Crippen LogP contribution in [0.15, 0.2) is 18.2 Å². The molecule has 6 heteroatoms. The molecule has 20 heavy (non-hydrogen) atoms. The van der Waals surface area contributed by atoms with Crippen molar-refractivity contribution < 1.29 is 19.4 Å². The van der Waals surface area contributed by atoms with Gasteiger partial charge in [0.2, 0.25) is 0 Å². The van der Waals surface area contributed by atoms with Gasteiger partial charge in [-0.25, -0.2) is 4.79 Å². The van der Waals surface area contributed by atoms with Crippen molar-refractivity contribution in [3.63, 3.8) is 0 Å². The number of carboxylic acid groups (broad SMARTS) is 1. The van der Waals surface area contributed by atoms with E-state index in [9.17, 15) is 9.59 Å². The lowest BCUT2D eigenvalue weighted by Crippen LogP contribution is -2.38. The quantitative estimate of drug-likeness (QED) is 0.846. The summed E-state index contributed by atoms with van der Waals surface area (Å²) < 4.78 is 5.40. The van der Waals surface area contributed by atoms with Crippen molar-refractivity contribution in [1.29, 1.82) is 0 Å². The fourth-order valence-corrected chi connectivity index (χ4v) is 1.64. The largest absolute Gasteiger partial charge is 0.480 e. The molecule has 0 saturated carbocycles. The maximum absolute atomic E-state index is 11.8. The Kier molecular flexibility index (Phi) is 5.82. The molecule has 0 aliphatic heterocycles. The molecule has 0 spiro atoms. The SMILES string of the molecule is CC(C)CNC(=O)C(C)Oc1ccc(Cl)cc1C(=O)O. The lowest BCUT2D eigenvalue weighted by atomic mass is 10.2. The van der Waals surface area contributed by atoms with Gasteiger partial charge in [0, 0.05) is 11.6 Å². The third-order valence-electron chi connectivity index (χ3n) is 2.53. The fourth-order valence-electron chi connectivity index (χ4n) is 1.46. The third-order valence-corrected chi connectivity index (χ3v) is 2.76. The number of aromatic carboxylic acids is 1. The minimum absolute atomic E-state index is 0.0685. The van der Waals surface area contributed by atoms with Gasteiger partial charge in [-0.15, -0.1) is 0 Å². The van der Waals surface area contributed by atoms with Crippen molar-refractivity contribution in [3.05, 3.63) is 28.8 Å². The number of carboxylic acids is 1. The first kappa shape index (κ1) is 16.3. The molecule has 1 aromatic rings. The predicted octanol–water partition coefficient (Wildman–Crippen LogP) is 2.58. The molecule has 0 aliphatic carbocycles. The summed E-state index contributed by atoms with van der Waals surface area (Å²) in [6.07, 6.45) is -0.784. The second-order valence-corrected chi connectivity index (χ2v) is 5.28. The first-order valence-electron chi connectivity index (χ1n) is 6.28. The van der Waals surface area contributed by atoms with E-state index < -0.39 is 12.1 Å². The number of benzene rings is 1. The van der Waals surface area contributed by atoms with E-state index in [-0.39, 0.29) is 17.2 Å². The average Bonchev–Trinajstić information content (AvgIpc) is 2.37. The summed E-state index contributed by atoms with van der Waals surface area (Å²) in [5.74, 6) is -0.993. The molecule has 2 N–H and O–H groups in total. The van der Waals surface area contributed by atoms with Gasteiger partial charge in [0.1, 0.15) is 11.3 Å². The maximum atomic E-state index is 11.8. The molecule has 0 saturated heterocycles. The number of hydrogen-bond donors (Lipinski definition) is 2. The molecule has 5 nitrogen and oxygen atoms in total. The van der Waals surface area contributed by atoms with Crippen LogP contribution in [0.25, 0.3) is 0 Å². The molecular formula is C14H18ClNO4. The van der Waals surface area contributed by atoms with Crippen LogP contribution in [0.5, 0.6) is 5.75 Å². The van der Waals surface area contributed by atoms with Crippen LogP contribution < -0.4 is 10.1 Å². The number of carbonyl (C=O) groups is 2. The standard InChI is InChI=1S/C14H18ClNO4/c1-8(2)7-16-13(17)9(3)20-12-5-4-10(15)6-11(12)14(18)19/h4-6,8-9H,7H2,1-3H3,(H,16,17)(H,18,19). The molecule has 0 aliphatic rings. The van der Waals surface area contributed by atoms with E-state index >= 15 is 0 Å². The number of rotatable bonds is 6. The van der Waals surface area contributed by atoms with Gasteiger partial charge < -0.3 is 15.2 Å². The summed E-state index contributed by atoms with van der Waals surface area (Å²) in [5, 5.41) is 12.1. The highest BCUT2D eigenvalue weighted by atomic mass is 35.5. The Hall–Kier alpha value is -1.75. The summed E-state index contributed by atoms with van der Waals surface area (Å²) in [5.41, 5.74) is -0.0685. The Morgan fingerprint density at radius 3 is 2.55 bits per heavy atom. The Bertz CT molecular complexity index is 502. The van der Waals surface area contributed by atoms with Crippen LogP contribution >= 0.6 is 11.6 Å². The van der Waals surface area contributed by atoms with E-state index in [1.807, 2.05) is 13.8 Å². The molecule has 1 aromatic carbocycles. The topological polar surface area (TPSA) is 75.6 Å². The van der Waals surface area contributed by atoms with Crippen LogP contribution in [0.4, 0.5) is 0 Å². The molecule has 1 rings (SSSR count). The number of nitrogens with one attached hydrogen (secondary N) is 1. The van der Waals surface area contributed by atoms with Crippen LogP contribution in [-0.4, -0.2) is 29.6 Å². The van der Waals surface area contributed by atoms with E-state index in [0.717, 1.165) is 0 Å². The zero-order chi connectivity index (χ0) is 15.3. The van der Waals surface area contributed by atoms with Crippen molar-refractivity contribution in [2.24, 2.45) is 5.92 Å². The zero-order valence-corrected chi connectivity index (χ0v) is 12.4. The van der Waals surface area contributed by atoms with Gasteiger partial charge in [-0.3, -0.25) is 4.79 Å². The van der Waals surface area contributed by atoms with Crippen LogP contribution in [0, 0.1) is 5.92 Å². The number of ether oxygens (including phenoxy) is 1. The number of hydrogen-bond acceptors (Lipinski definition) is 3. The highest BCUT2D eigenvalue weighted by Gasteiger charge is 2.19. The number of halogens is 1. The van der Waals surface area contributed by atoms with Gasteiger partial charge in [0.05, 0.1) is 0 Å². The van der Waals surface area contributed by atoms with Gasteiger partial charge in [-0.2, -0.15) is 0 Å². The first-order chi connectivity index (χ1) is 9.31. The molecule has 1 unspecified atom stereocenters. The van der Waals surface area contributed by atoms with Crippen molar-refractivity contribution in [3.8, 4) is 5.75 Å². The number of carbonyl (C=O) groups excluding carboxylic acids is 1. The van der Waals surface area contributed by atoms with E-state index in [0.29, 0.717) is 17.5 Å². The summed E-state index contributed by atoms with van der Waals surface area (Å²) >= 11 is 5.75. The minimum Gasteiger partial charge on any atom is -0.480 e. The molecule has 0 heterocycles. The van der Waals surface area contributed by atoms with E-state index in [1.54, 1.807) is 6.92 Å². The van der Waals surface area contributed by atoms with Crippen molar-refractivity contribution in [1.82, 2.24) is 5.32 Å². The molecule has 0 bridgehead atoms. The molecule has 110 valence electrons. The summed E-state index contributed by atoms with van der Waals surface area (Å²) in [6, 6.07) is 4.25. The third kappa shape index (κ3) is 4.74. The molecule has 1 amide bonds. The molecule has 0 aromatic heterocycles. The van der Waals surface area contributed by atoms with Crippen LogP contribution in [0.1, 0.15) is 31.1 Å². The summed E-state index contributed by atoms with van der Waals surface area (Å²) in [6.45, 7) is 6.07. The van der Waals surface area contributed by atoms with Crippen molar-refractivity contribution >= 4 is 23.5 Å². The lowest BCUT2D eigenvalue weighted by Gasteiger charge is -2.17. The maximum Gasteiger partial charge on any atom is 0.339 e. The Morgan fingerprint density at radius 2 is 2.00 bits per heavy atom. The second-order valence-electron chi connectivity index (χ2n) is 4.84. The van der Waals surface area contributed by atoms with Gasteiger partial charge in [-0.1, -0.05) is 25.4 Å². The fraction of sp³-hybridized carbons (Fsp3) is 0.429. The Morgan fingerprint density at radius 1 is 1.35 bits per heavy atom.